The molecule has 2 rings (SSSR count). The third kappa shape index (κ3) is 6.98. The summed E-state index contributed by atoms with van der Waals surface area (Å²) in [7, 11) is 0. The quantitative estimate of drug-likeness (QED) is 0.438. The van der Waals surface area contributed by atoms with E-state index in [-0.39, 0.29) is 6.29 Å². The number of halogens is 1. The molecular weight excluding hydrogens is 379 g/mol. The van der Waals surface area contributed by atoms with Gasteiger partial charge >= 0.3 is 0 Å². The second-order valence-corrected chi connectivity index (χ2v) is 6.52. The molecule has 0 saturated carbocycles. The topological polar surface area (TPSA) is 27.7 Å². The fourth-order valence-corrected chi connectivity index (χ4v) is 2.90. The molecule has 1 aromatic carbocycles. The Kier molecular flexibility index (Phi) is 8.44. The summed E-state index contributed by atoms with van der Waals surface area (Å²) in [6.07, 6.45) is 8.14. The lowest BCUT2D eigenvalue weighted by Crippen LogP contribution is -2.22. The van der Waals surface area contributed by atoms with Crippen LogP contribution >= 0.6 is 22.6 Å². The van der Waals surface area contributed by atoms with E-state index in [1.54, 1.807) is 0 Å². The van der Waals surface area contributed by atoms with Crippen molar-refractivity contribution in [2.24, 2.45) is 0 Å². The van der Waals surface area contributed by atoms with Gasteiger partial charge in [-0.3, -0.25) is 0 Å². The zero-order valence-electron chi connectivity index (χ0n) is 12.6. The minimum Gasteiger partial charge on any atom is -0.492 e. The van der Waals surface area contributed by atoms with Crippen LogP contribution in [-0.2, 0) is 9.47 Å². The maximum Gasteiger partial charge on any atom is 0.157 e. The molecule has 21 heavy (non-hydrogen) atoms. The fraction of sp³-hybridized carbons (Fsp3) is 0.647. The predicted octanol–water partition coefficient (Wildman–Crippen LogP) is 4.77. The van der Waals surface area contributed by atoms with Gasteiger partial charge in [0.05, 0.1) is 10.2 Å². The van der Waals surface area contributed by atoms with Gasteiger partial charge in [-0.15, -0.1) is 0 Å². The summed E-state index contributed by atoms with van der Waals surface area (Å²) in [6.45, 7) is 2.48. The molecule has 1 aromatic rings. The maximum atomic E-state index is 5.78. The average molecular weight is 404 g/mol. The van der Waals surface area contributed by atoms with E-state index >= 15 is 0 Å². The lowest BCUT2D eigenvalue weighted by molar-refractivity contribution is -0.162. The molecule has 1 aliphatic rings. The molecule has 1 fully saturated rings. The number of unbranched alkanes of at least 4 members (excludes halogenated alkanes) is 3. The molecule has 1 unspecified atom stereocenters. The number of ether oxygens (including phenoxy) is 3. The standard InChI is InChI=1S/C17H25IO3/c18-15-9-3-4-10-16(15)19-12-6-1-2-7-13-20-17-11-5-8-14-21-17/h3-4,9-10,17H,1-2,5-8,11-14H2. The van der Waals surface area contributed by atoms with Gasteiger partial charge in [0.2, 0.25) is 0 Å². The highest BCUT2D eigenvalue weighted by Crippen LogP contribution is 2.20. The van der Waals surface area contributed by atoms with Crippen molar-refractivity contribution < 1.29 is 14.2 Å². The Labute approximate surface area is 141 Å². The zero-order valence-corrected chi connectivity index (χ0v) is 14.7. The van der Waals surface area contributed by atoms with E-state index in [1.807, 2.05) is 18.2 Å². The summed E-state index contributed by atoms with van der Waals surface area (Å²) in [4.78, 5) is 0. The molecule has 0 N–H and O–H groups in total. The Morgan fingerprint density at radius 2 is 1.86 bits per heavy atom. The Balaban J connectivity index is 1.42. The van der Waals surface area contributed by atoms with E-state index in [0.717, 1.165) is 44.8 Å². The first-order valence-electron chi connectivity index (χ1n) is 7.97. The van der Waals surface area contributed by atoms with Crippen molar-refractivity contribution in [1.29, 1.82) is 0 Å². The first-order chi connectivity index (χ1) is 10.4. The van der Waals surface area contributed by atoms with E-state index < -0.39 is 0 Å². The first kappa shape index (κ1) is 17.0. The van der Waals surface area contributed by atoms with Crippen LogP contribution in [0.5, 0.6) is 5.75 Å². The zero-order chi connectivity index (χ0) is 14.8. The van der Waals surface area contributed by atoms with Crippen molar-refractivity contribution in [2.75, 3.05) is 19.8 Å². The third-order valence-corrected chi connectivity index (χ3v) is 4.47. The molecule has 1 aliphatic heterocycles. The molecule has 118 valence electrons. The predicted molar refractivity (Wildman–Crippen MR) is 92.7 cm³/mol. The highest BCUT2D eigenvalue weighted by molar-refractivity contribution is 14.1. The number of hydrogen-bond acceptors (Lipinski definition) is 3. The highest BCUT2D eigenvalue weighted by atomic mass is 127. The molecule has 0 aliphatic carbocycles. The normalized spacial score (nSPS) is 18.6. The van der Waals surface area contributed by atoms with Gasteiger partial charge in [-0.1, -0.05) is 18.6 Å². The SMILES string of the molecule is Ic1ccccc1OCCCCCCOC1CCCCO1. The van der Waals surface area contributed by atoms with Crippen LogP contribution in [0.3, 0.4) is 0 Å². The summed E-state index contributed by atoms with van der Waals surface area (Å²) in [5.41, 5.74) is 0. The summed E-state index contributed by atoms with van der Waals surface area (Å²) in [6, 6.07) is 8.15. The molecule has 3 nitrogen and oxygen atoms in total. The lowest BCUT2D eigenvalue weighted by Gasteiger charge is -2.22. The molecule has 0 bridgehead atoms. The van der Waals surface area contributed by atoms with Crippen molar-refractivity contribution in [3.8, 4) is 5.75 Å². The number of hydrogen-bond donors (Lipinski definition) is 0. The van der Waals surface area contributed by atoms with Crippen LogP contribution in [0.1, 0.15) is 44.9 Å². The van der Waals surface area contributed by atoms with Crippen LogP contribution in [0.15, 0.2) is 24.3 Å². The van der Waals surface area contributed by atoms with Crippen LogP contribution in [0.25, 0.3) is 0 Å². The summed E-state index contributed by atoms with van der Waals surface area (Å²) in [5.74, 6) is 0.996. The largest absolute Gasteiger partial charge is 0.492 e. The number of benzene rings is 1. The molecule has 0 spiro atoms. The van der Waals surface area contributed by atoms with Crippen LogP contribution < -0.4 is 4.74 Å². The van der Waals surface area contributed by atoms with E-state index in [2.05, 4.69) is 28.7 Å². The minimum absolute atomic E-state index is 0.0576. The van der Waals surface area contributed by atoms with Gasteiger partial charge in [-0.2, -0.15) is 0 Å². The van der Waals surface area contributed by atoms with Crippen LogP contribution in [0.2, 0.25) is 0 Å². The molecule has 4 heteroatoms. The monoisotopic (exact) mass is 404 g/mol. The van der Waals surface area contributed by atoms with Crippen molar-refractivity contribution >= 4 is 22.6 Å². The number of rotatable bonds is 9. The van der Waals surface area contributed by atoms with Gasteiger partial charge in [0.25, 0.3) is 0 Å². The average Bonchev–Trinajstić information content (AvgIpc) is 2.52. The molecule has 0 aromatic heterocycles. The Hall–Kier alpha value is -0.330. The molecule has 1 heterocycles. The maximum absolute atomic E-state index is 5.78. The van der Waals surface area contributed by atoms with Gasteiger partial charge in [0, 0.05) is 13.2 Å². The molecule has 0 amide bonds. The summed E-state index contributed by atoms with van der Waals surface area (Å²) in [5, 5.41) is 0. The van der Waals surface area contributed by atoms with E-state index in [4.69, 9.17) is 14.2 Å². The highest BCUT2D eigenvalue weighted by Gasteiger charge is 2.13. The summed E-state index contributed by atoms with van der Waals surface area (Å²) >= 11 is 2.31. The Bertz CT molecular complexity index is 391. The molecular formula is C17H25IO3. The van der Waals surface area contributed by atoms with E-state index in [0.29, 0.717) is 0 Å². The van der Waals surface area contributed by atoms with E-state index in [1.165, 1.54) is 29.3 Å². The van der Waals surface area contributed by atoms with Crippen molar-refractivity contribution in [3.63, 3.8) is 0 Å². The molecule has 1 saturated heterocycles. The van der Waals surface area contributed by atoms with Gasteiger partial charge < -0.3 is 14.2 Å². The molecule has 1 atom stereocenters. The summed E-state index contributed by atoms with van der Waals surface area (Å²) < 4.78 is 18.2. The van der Waals surface area contributed by atoms with Crippen molar-refractivity contribution in [2.45, 2.75) is 51.2 Å². The van der Waals surface area contributed by atoms with Gasteiger partial charge in [-0.05, 0) is 73.2 Å². The molecule has 0 radical (unpaired) electrons. The van der Waals surface area contributed by atoms with Crippen LogP contribution in [0, 0.1) is 3.57 Å². The third-order valence-electron chi connectivity index (χ3n) is 3.57. The van der Waals surface area contributed by atoms with Gasteiger partial charge in [0.15, 0.2) is 6.29 Å². The van der Waals surface area contributed by atoms with E-state index in [9.17, 15) is 0 Å². The first-order valence-corrected chi connectivity index (χ1v) is 9.04. The van der Waals surface area contributed by atoms with Crippen molar-refractivity contribution in [1.82, 2.24) is 0 Å². The number of para-hydroxylation sites is 1. The van der Waals surface area contributed by atoms with Gasteiger partial charge in [0.1, 0.15) is 5.75 Å². The fourth-order valence-electron chi connectivity index (χ4n) is 2.36. The van der Waals surface area contributed by atoms with Gasteiger partial charge in [-0.25, -0.2) is 0 Å². The van der Waals surface area contributed by atoms with Crippen LogP contribution in [0.4, 0.5) is 0 Å². The Morgan fingerprint density at radius 3 is 2.62 bits per heavy atom. The lowest BCUT2D eigenvalue weighted by atomic mass is 10.2. The Morgan fingerprint density at radius 1 is 1.05 bits per heavy atom. The second-order valence-electron chi connectivity index (χ2n) is 5.36. The van der Waals surface area contributed by atoms with Crippen LogP contribution in [-0.4, -0.2) is 26.1 Å². The van der Waals surface area contributed by atoms with Crippen molar-refractivity contribution in [3.05, 3.63) is 27.8 Å². The second kappa shape index (κ2) is 10.4. The smallest absolute Gasteiger partial charge is 0.157 e. The minimum atomic E-state index is 0.0576.